The number of nitriles is 1. The average molecular weight is 457 g/mol. The molecule has 0 amide bonds. The van der Waals surface area contributed by atoms with E-state index in [1.807, 2.05) is 25.1 Å². The van der Waals surface area contributed by atoms with Gasteiger partial charge in [-0.15, -0.1) is 0 Å². The first-order chi connectivity index (χ1) is 15.9. The van der Waals surface area contributed by atoms with Crippen molar-refractivity contribution in [2.45, 2.75) is 50.5 Å². The van der Waals surface area contributed by atoms with E-state index in [-0.39, 0.29) is 11.3 Å². The number of hydrogen-bond acceptors (Lipinski definition) is 7. The van der Waals surface area contributed by atoms with Crippen LogP contribution in [0.1, 0.15) is 43.7 Å². The van der Waals surface area contributed by atoms with Crippen molar-refractivity contribution in [2.75, 3.05) is 28.4 Å². The molecule has 0 saturated heterocycles. The smallest absolute Gasteiger partial charge is 0.217 e. The van der Waals surface area contributed by atoms with Crippen molar-refractivity contribution in [3.8, 4) is 29.1 Å². The lowest BCUT2D eigenvalue weighted by molar-refractivity contribution is -0.523. The maximum atomic E-state index is 11.8. The number of benzene rings is 2. The van der Waals surface area contributed by atoms with Gasteiger partial charge in [0.25, 0.3) is 0 Å². The van der Waals surface area contributed by atoms with Crippen LogP contribution in [0.5, 0.6) is 23.0 Å². The van der Waals surface area contributed by atoms with Crippen LogP contribution in [-0.4, -0.2) is 39.4 Å². The monoisotopic (exact) mass is 456 g/mol. The van der Waals surface area contributed by atoms with E-state index in [1.54, 1.807) is 39.5 Å². The van der Waals surface area contributed by atoms with Crippen LogP contribution in [0.3, 0.4) is 0 Å². The second kappa shape index (κ2) is 12.0. The molecule has 2 aromatic rings. The first-order valence-corrected chi connectivity index (χ1v) is 10.9. The first kappa shape index (κ1) is 25.8. The summed E-state index contributed by atoms with van der Waals surface area (Å²) in [4.78, 5) is 11.5. The van der Waals surface area contributed by atoms with Gasteiger partial charge in [-0.25, -0.2) is 0 Å². The summed E-state index contributed by atoms with van der Waals surface area (Å²) in [7, 11) is 6.19. The Morgan fingerprint density at radius 3 is 2.06 bits per heavy atom. The summed E-state index contributed by atoms with van der Waals surface area (Å²) in [5.74, 6) is 2.27. The Kier molecular flexibility index (Phi) is 9.34. The van der Waals surface area contributed by atoms with Crippen LogP contribution in [0.15, 0.2) is 36.4 Å². The molecule has 0 radical (unpaired) electrons. The molecule has 2 aromatic carbocycles. The highest BCUT2D eigenvalue weighted by Gasteiger charge is 2.32. The Hall–Kier alpha value is -3.47. The van der Waals surface area contributed by atoms with Crippen molar-refractivity contribution in [1.82, 2.24) is 0 Å². The van der Waals surface area contributed by atoms with Crippen LogP contribution in [-0.2, 0) is 11.8 Å². The van der Waals surface area contributed by atoms with E-state index in [4.69, 9.17) is 18.9 Å². The molecule has 0 spiro atoms. The molecular formula is C25H32N2O6. The van der Waals surface area contributed by atoms with E-state index in [0.717, 1.165) is 11.1 Å². The number of ether oxygens (including phenoxy) is 4. The van der Waals surface area contributed by atoms with Crippen molar-refractivity contribution >= 4 is 0 Å². The molecule has 0 saturated carbocycles. The van der Waals surface area contributed by atoms with Gasteiger partial charge < -0.3 is 18.9 Å². The Bertz CT molecular complexity index is 987. The molecular weight excluding hydrogens is 424 g/mol. The maximum absolute atomic E-state index is 11.8. The van der Waals surface area contributed by atoms with E-state index < -0.39 is 11.5 Å². The van der Waals surface area contributed by atoms with Crippen LogP contribution in [0.4, 0.5) is 0 Å². The van der Waals surface area contributed by atoms with Crippen molar-refractivity contribution in [2.24, 2.45) is 0 Å². The molecule has 0 aliphatic rings. The third kappa shape index (κ3) is 6.07. The molecule has 2 atom stereocenters. The van der Waals surface area contributed by atoms with Crippen LogP contribution >= 0.6 is 0 Å². The molecule has 33 heavy (non-hydrogen) atoms. The minimum Gasteiger partial charge on any atom is -0.493 e. The lowest BCUT2D eigenvalue weighted by atomic mass is 9.75. The Morgan fingerprint density at radius 1 is 0.970 bits per heavy atom. The topological polar surface area (TPSA) is 104 Å². The Labute approximate surface area is 195 Å². The molecule has 0 aliphatic carbocycles. The van der Waals surface area contributed by atoms with Gasteiger partial charge in [0.05, 0.1) is 39.9 Å². The molecule has 8 heteroatoms. The fourth-order valence-corrected chi connectivity index (χ4v) is 4.06. The van der Waals surface area contributed by atoms with Crippen LogP contribution in [0.2, 0.25) is 0 Å². The molecule has 178 valence electrons. The van der Waals surface area contributed by atoms with Gasteiger partial charge in [-0.2, -0.15) is 5.26 Å². The summed E-state index contributed by atoms with van der Waals surface area (Å²) >= 11 is 0. The fraction of sp³-hybridized carbons (Fsp3) is 0.480. The van der Waals surface area contributed by atoms with Crippen LogP contribution < -0.4 is 18.9 Å². The summed E-state index contributed by atoms with van der Waals surface area (Å²) in [6.45, 7) is 1.95. The van der Waals surface area contributed by atoms with Gasteiger partial charge in [-0.05, 0) is 54.7 Å². The van der Waals surface area contributed by atoms with Gasteiger partial charge in [0, 0.05) is 17.8 Å². The number of nitro groups is 1. The van der Waals surface area contributed by atoms with Crippen molar-refractivity contribution < 1.29 is 23.9 Å². The molecule has 0 fully saturated rings. The lowest BCUT2D eigenvalue weighted by Gasteiger charge is -2.27. The van der Waals surface area contributed by atoms with Crippen LogP contribution in [0.25, 0.3) is 0 Å². The number of nitrogens with zero attached hydrogens (tertiary/aromatic N) is 2. The zero-order valence-electron chi connectivity index (χ0n) is 19.9. The highest BCUT2D eigenvalue weighted by molar-refractivity contribution is 5.47. The number of methoxy groups -OCH3 is 4. The van der Waals surface area contributed by atoms with Gasteiger partial charge in [0.2, 0.25) is 6.04 Å². The third-order valence-electron chi connectivity index (χ3n) is 6.11. The van der Waals surface area contributed by atoms with E-state index >= 15 is 0 Å². The summed E-state index contributed by atoms with van der Waals surface area (Å²) in [5, 5.41) is 21.8. The molecule has 0 aliphatic heterocycles. The predicted molar refractivity (Wildman–Crippen MR) is 125 cm³/mol. The summed E-state index contributed by atoms with van der Waals surface area (Å²) < 4.78 is 21.2. The molecule has 0 heterocycles. The maximum Gasteiger partial charge on any atom is 0.217 e. The minimum atomic E-state index is -0.762. The highest BCUT2D eigenvalue weighted by atomic mass is 16.6. The van der Waals surface area contributed by atoms with Crippen molar-refractivity contribution in [3.05, 3.63) is 57.6 Å². The largest absolute Gasteiger partial charge is 0.493 e. The van der Waals surface area contributed by atoms with E-state index in [0.29, 0.717) is 48.7 Å². The van der Waals surface area contributed by atoms with Gasteiger partial charge in [-0.1, -0.05) is 19.1 Å². The second-order valence-electron chi connectivity index (χ2n) is 7.84. The second-order valence-corrected chi connectivity index (χ2v) is 7.84. The summed E-state index contributed by atoms with van der Waals surface area (Å²) in [5.41, 5.74) is 0.864. The lowest BCUT2D eigenvalue weighted by Crippen LogP contribution is -2.26. The summed E-state index contributed by atoms with van der Waals surface area (Å²) in [6, 6.07) is 12.5. The van der Waals surface area contributed by atoms with E-state index in [2.05, 4.69) is 6.07 Å². The predicted octanol–water partition coefficient (Wildman–Crippen LogP) is 4.95. The minimum absolute atomic E-state index is 0.243. The molecule has 8 nitrogen and oxygen atoms in total. The van der Waals surface area contributed by atoms with Crippen LogP contribution in [0, 0.1) is 21.4 Å². The van der Waals surface area contributed by atoms with Crippen molar-refractivity contribution in [3.63, 3.8) is 0 Å². The molecule has 0 aromatic heterocycles. The van der Waals surface area contributed by atoms with E-state index in [1.165, 1.54) is 7.11 Å². The molecule has 0 N–H and O–H groups in total. The number of rotatable bonds is 13. The average Bonchev–Trinajstić information content (AvgIpc) is 2.85. The molecule has 0 bridgehead atoms. The van der Waals surface area contributed by atoms with Gasteiger partial charge in [-0.3, -0.25) is 10.1 Å². The zero-order valence-corrected chi connectivity index (χ0v) is 19.9. The molecule has 2 unspecified atom stereocenters. The normalized spacial score (nSPS) is 13.3. The SMILES string of the molecule is CCC(C#N)(CCCC(Cc1ccc(OC)c(OC)c1)[N+](=O)[O-])c1ccc(OC)c(OC)c1. The quantitative estimate of drug-likeness (QED) is 0.310. The van der Waals surface area contributed by atoms with Crippen molar-refractivity contribution in [1.29, 1.82) is 5.26 Å². The van der Waals surface area contributed by atoms with Gasteiger partial charge in [0.15, 0.2) is 23.0 Å². The highest BCUT2D eigenvalue weighted by Crippen LogP contribution is 2.38. The Morgan fingerprint density at radius 2 is 1.55 bits per heavy atom. The van der Waals surface area contributed by atoms with Gasteiger partial charge in [0.1, 0.15) is 0 Å². The standard InChI is InChI=1S/C25H32N2O6/c1-6-25(17-26,19-10-12-22(31-3)24(16-19)33-5)13-7-8-20(27(28)29)14-18-9-11-21(30-2)23(15-18)32-4/h9-12,15-16,20H,6-8,13-14H2,1-5H3. The Balaban J connectivity index is 2.16. The first-order valence-electron chi connectivity index (χ1n) is 10.9. The molecule has 2 rings (SSSR count). The number of hydrogen-bond donors (Lipinski definition) is 0. The summed E-state index contributed by atoms with van der Waals surface area (Å²) in [6.07, 6.45) is 2.26. The zero-order chi connectivity index (χ0) is 24.4. The van der Waals surface area contributed by atoms with Gasteiger partial charge >= 0.3 is 0 Å². The fourth-order valence-electron chi connectivity index (χ4n) is 4.06. The van der Waals surface area contributed by atoms with E-state index in [9.17, 15) is 15.4 Å². The third-order valence-corrected chi connectivity index (χ3v) is 6.11.